The minimum atomic E-state index is 0.915. The van der Waals surface area contributed by atoms with E-state index in [2.05, 4.69) is 418 Å². The minimum Gasteiger partial charge on any atom is -0.464 e. The molecule has 124 heavy (non-hydrogen) atoms. The molecule has 10 aromatic heterocycles. The van der Waals surface area contributed by atoms with Crippen LogP contribution >= 0.6 is 22.7 Å². The molecule has 0 unspecified atom stereocenters. The van der Waals surface area contributed by atoms with Gasteiger partial charge in [0, 0.05) is 128 Å². The lowest BCUT2D eigenvalue weighted by Gasteiger charge is -2.13. The number of pyridine rings is 2. The van der Waals surface area contributed by atoms with Gasteiger partial charge in [0.2, 0.25) is 0 Å². The summed E-state index contributed by atoms with van der Waals surface area (Å²) in [7, 11) is 0. The molecule has 0 spiro atoms. The maximum absolute atomic E-state index is 6.08. The van der Waals surface area contributed by atoms with Crippen LogP contribution in [-0.4, -0.2) is 17.9 Å². The van der Waals surface area contributed by atoms with Gasteiger partial charge in [0.25, 0.3) is 0 Å². The molecule has 29 aromatic rings. The summed E-state index contributed by atoms with van der Waals surface area (Å²) in [6.45, 7) is 0. The molecule has 0 saturated heterocycles. The van der Waals surface area contributed by atoms with E-state index in [4.69, 9.17) is 8.83 Å². The predicted octanol–water partition coefficient (Wildman–Crippen LogP) is 33.4. The molecular weight excluding hydrogens is 1550 g/mol. The van der Waals surface area contributed by atoms with E-state index in [0.29, 0.717) is 0 Å². The van der Waals surface area contributed by atoms with Gasteiger partial charge in [0.05, 0.1) is 61.8 Å². The van der Waals surface area contributed by atoms with E-state index < -0.39 is 0 Å². The van der Waals surface area contributed by atoms with Crippen LogP contribution in [-0.2, 0) is 0 Å². The Bertz CT molecular complexity index is 9230. The van der Waals surface area contributed by atoms with Gasteiger partial charge < -0.3 is 26.8 Å². The van der Waals surface area contributed by atoms with Crippen molar-refractivity contribution in [1.82, 2.24) is 17.9 Å². The highest BCUT2D eigenvalue weighted by Crippen LogP contribution is 2.47. The highest BCUT2D eigenvalue weighted by molar-refractivity contribution is 7.26. The van der Waals surface area contributed by atoms with E-state index >= 15 is 0 Å². The van der Waals surface area contributed by atoms with Gasteiger partial charge in [0.1, 0.15) is 16.7 Å². The fourth-order valence-corrected chi connectivity index (χ4v) is 22.4. The first-order valence-corrected chi connectivity index (χ1v) is 43.9. The Morgan fingerprint density at radius 1 is 0.185 bits per heavy atom. The van der Waals surface area contributed by atoms with Crippen LogP contribution in [0.15, 0.2) is 434 Å². The van der Waals surface area contributed by atoms with Crippen LogP contribution in [0, 0.1) is 0 Å². The van der Waals surface area contributed by atoms with E-state index in [1.165, 1.54) is 210 Å². The van der Waals surface area contributed by atoms with Crippen LogP contribution in [0.4, 0.5) is 0 Å². The van der Waals surface area contributed by atoms with Crippen LogP contribution in [0.1, 0.15) is 0 Å². The van der Waals surface area contributed by atoms with Crippen molar-refractivity contribution in [2.75, 3.05) is 0 Å². The highest BCUT2D eigenvalue weighted by Gasteiger charge is 2.23. The fraction of sp³-hybridized carbons (Fsp3) is 0. The Kier molecular flexibility index (Phi) is 15.7. The Labute approximate surface area is 717 Å². The predicted molar refractivity (Wildman–Crippen MR) is 530 cm³/mol. The van der Waals surface area contributed by atoms with Gasteiger partial charge in [-0.05, 0) is 181 Å². The summed E-state index contributed by atoms with van der Waals surface area (Å²) < 4.78 is 26.8. The van der Waals surface area contributed by atoms with Gasteiger partial charge in [0.15, 0.2) is 0 Å². The van der Waals surface area contributed by atoms with Crippen molar-refractivity contribution in [2.45, 2.75) is 0 Å². The topological polar surface area (TPSA) is 45.0 Å². The van der Waals surface area contributed by atoms with Crippen LogP contribution in [0.3, 0.4) is 0 Å². The average Bonchev–Trinajstić information content (AvgIpc) is 1.49. The molecule has 0 saturated carbocycles. The van der Waals surface area contributed by atoms with E-state index in [1.807, 2.05) is 40.9 Å². The van der Waals surface area contributed by atoms with Gasteiger partial charge >= 0.3 is 0 Å². The largest absolute Gasteiger partial charge is 0.464 e. The first-order chi connectivity index (χ1) is 61.5. The van der Waals surface area contributed by atoms with Crippen molar-refractivity contribution >= 4 is 237 Å². The smallest absolute Gasteiger partial charge is 0.135 e. The lowest BCUT2D eigenvalue weighted by atomic mass is 9.97. The molecule has 10 heterocycles. The quantitative estimate of drug-likeness (QED) is 0.165. The third-order valence-corrected chi connectivity index (χ3v) is 28.0. The highest BCUT2D eigenvalue weighted by atomic mass is 32.1. The molecule has 29 rings (SSSR count). The summed E-state index contributed by atoms with van der Waals surface area (Å²) in [6.07, 6.45) is 1.77. The monoisotopic (exact) mass is 1610 g/mol. The van der Waals surface area contributed by atoms with Gasteiger partial charge in [-0.25, -0.2) is 0 Å². The standard InChI is InChI=1S/C30H19NO.C30H17NS.C30H19NS.C26H15NO/c1-3-11-23-20(8-1)10-7-13-24(23)28-18-21-9-2-5-14-27(21)31(28)22-16-17-30-26(19-22)25-12-4-6-15-29(25)32-30;1-3-9-20-18(7-1)13-14-22-23-16-24-21-10-4-6-12-28(21)32-29(24)17-26(23)31-25-11-5-2-8-19(25)15-27(31)30(20)22;1-3-11-23-20(8-1)10-7-13-24(23)28-18-21-9-2-5-14-27(21)31(28)22-16-17-30-26(19-22)25-12-4-6-15-29(25)32-30;1-3-7-19-16(5-1)9-10-20-21-13-18-11-12-28-25(18)15-23(21)27-22-8-4-2-6-17(22)14-24(27)26(19)20/h1-19H;1-17H;1-19H;1-15H. The molecule has 19 aromatic carbocycles. The summed E-state index contributed by atoms with van der Waals surface area (Å²) in [5, 5.41) is 31.8. The van der Waals surface area contributed by atoms with Crippen LogP contribution in [0.2, 0.25) is 0 Å². The number of furan rings is 2. The zero-order chi connectivity index (χ0) is 81.2. The fourth-order valence-electron chi connectivity index (χ4n) is 20.2. The van der Waals surface area contributed by atoms with Gasteiger partial charge in [-0.3, -0.25) is 0 Å². The maximum Gasteiger partial charge on any atom is 0.135 e. The molecule has 0 aliphatic carbocycles. The molecule has 0 fully saturated rings. The van der Waals surface area contributed by atoms with Crippen molar-refractivity contribution < 1.29 is 8.83 Å². The van der Waals surface area contributed by atoms with Crippen molar-refractivity contribution in [3.05, 3.63) is 425 Å². The Hall–Kier alpha value is -15.8. The molecule has 0 aliphatic heterocycles. The molecular formula is C116H70N4O2S2. The molecule has 578 valence electrons. The van der Waals surface area contributed by atoms with Crippen LogP contribution in [0.5, 0.6) is 0 Å². The Balaban J connectivity index is 0.0000000885. The number of hydrogen-bond donors (Lipinski definition) is 0. The van der Waals surface area contributed by atoms with Crippen molar-refractivity contribution in [3.63, 3.8) is 0 Å². The molecule has 0 atom stereocenters. The summed E-state index contributed by atoms with van der Waals surface area (Å²) >= 11 is 3.75. The second kappa shape index (κ2) is 27.9. The normalized spacial score (nSPS) is 12.0. The molecule has 0 amide bonds. The zero-order valence-electron chi connectivity index (χ0n) is 66.8. The number of aromatic nitrogens is 4. The van der Waals surface area contributed by atoms with Gasteiger partial charge in [-0.2, -0.15) is 0 Å². The molecule has 8 heteroatoms. The molecule has 0 aliphatic rings. The van der Waals surface area contributed by atoms with Crippen LogP contribution in [0.25, 0.3) is 248 Å². The number of fused-ring (bicyclic) bond motifs is 34. The second-order valence-electron chi connectivity index (χ2n) is 32.5. The molecule has 0 bridgehead atoms. The summed E-state index contributed by atoms with van der Waals surface area (Å²) in [5.41, 5.74) is 19.9. The first kappa shape index (κ1) is 70.0. The van der Waals surface area contributed by atoms with Crippen LogP contribution < -0.4 is 0 Å². The van der Waals surface area contributed by atoms with Gasteiger partial charge in [-0.15, -0.1) is 22.7 Å². The maximum atomic E-state index is 6.08. The number of hydrogen-bond acceptors (Lipinski definition) is 4. The second-order valence-corrected chi connectivity index (χ2v) is 34.7. The van der Waals surface area contributed by atoms with E-state index in [-0.39, 0.29) is 0 Å². The first-order valence-electron chi connectivity index (χ1n) is 42.2. The number of thiophene rings is 2. The molecule has 6 nitrogen and oxygen atoms in total. The van der Waals surface area contributed by atoms with Crippen molar-refractivity contribution in [3.8, 4) is 33.9 Å². The Morgan fingerprint density at radius 2 is 0.589 bits per heavy atom. The number of rotatable bonds is 4. The summed E-state index contributed by atoms with van der Waals surface area (Å²) in [5.74, 6) is 0. The average molecular weight is 1620 g/mol. The molecule has 0 N–H and O–H groups in total. The third-order valence-electron chi connectivity index (χ3n) is 25.7. The van der Waals surface area contributed by atoms with E-state index in [0.717, 1.165) is 38.6 Å². The third kappa shape index (κ3) is 11.0. The van der Waals surface area contributed by atoms with Gasteiger partial charge in [-0.1, -0.05) is 285 Å². The lowest BCUT2D eigenvalue weighted by molar-refractivity contribution is 0.616. The number of benzene rings is 19. The zero-order valence-corrected chi connectivity index (χ0v) is 68.5. The van der Waals surface area contributed by atoms with E-state index in [1.54, 1.807) is 6.26 Å². The summed E-state index contributed by atoms with van der Waals surface area (Å²) in [4.78, 5) is 0. The number of nitrogens with zero attached hydrogens (tertiary/aromatic N) is 4. The SMILES string of the molecule is c1ccc2c(-c3cc4ccccc4n3-c3ccc4oc5ccccc5c4c3)cccc2c1.c1ccc2c(-c3cc4ccccc4n3-c3ccc4sc5ccccc5c4c3)cccc2c1.c1ccc2c(c1)ccc1c3cc4c(cc3n3c5ccccc5cc3c21)sc1ccccc14.c1ccc2c(c1)ccc1c3cc4ccoc4cc3n3c4ccccc4cc3c21. The summed E-state index contributed by atoms with van der Waals surface area (Å²) in [6, 6.07) is 151. The van der Waals surface area contributed by atoms with Crippen molar-refractivity contribution in [1.29, 1.82) is 0 Å². The molecule has 0 radical (unpaired) electrons. The Morgan fingerprint density at radius 3 is 1.15 bits per heavy atom. The minimum absolute atomic E-state index is 0.915. The van der Waals surface area contributed by atoms with Crippen molar-refractivity contribution in [2.24, 2.45) is 0 Å². The van der Waals surface area contributed by atoms with E-state index in [9.17, 15) is 0 Å². The number of para-hydroxylation sites is 5. The lowest BCUT2D eigenvalue weighted by Crippen LogP contribution is -1.97.